The van der Waals surface area contributed by atoms with Crippen molar-refractivity contribution in [2.45, 2.75) is 44.0 Å². The first kappa shape index (κ1) is 13.6. The number of anilines is 1. The molecule has 2 bridgehead atoms. The fourth-order valence-electron chi connectivity index (χ4n) is 4.88. The maximum atomic E-state index is 12.8. The van der Waals surface area contributed by atoms with Crippen molar-refractivity contribution >= 4 is 15.7 Å². The average molecular weight is 306 g/mol. The number of rotatable bonds is 3. The van der Waals surface area contributed by atoms with E-state index in [0.717, 1.165) is 23.0 Å². The molecule has 114 valence electrons. The van der Waals surface area contributed by atoms with Gasteiger partial charge in [0, 0.05) is 6.04 Å². The molecule has 4 rings (SSSR count). The van der Waals surface area contributed by atoms with Crippen molar-refractivity contribution in [1.29, 1.82) is 0 Å². The minimum Gasteiger partial charge on any atom is -0.397 e. The van der Waals surface area contributed by atoms with E-state index in [9.17, 15) is 8.42 Å². The van der Waals surface area contributed by atoms with Gasteiger partial charge in [0.15, 0.2) is 0 Å². The first-order valence-electron chi connectivity index (χ1n) is 7.78. The zero-order chi connectivity index (χ0) is 14.9. The Labute approximate surface area is 126 Å². The second-order valence-corrected chi connectivity index (χ2v) is 8.73. The highest BCUT2D eigenvalue weighted by Gasteiger charge is 2.65. The first-order valence-corrected chi connectivity index (χ1v) is 9.26. The lowest BCUT2D eigenvalue weighted by atomic mass is 10.0. The van der Waals surface area contributed by atoms with E-state index in [1.807, 2.05) is 26.0 Å². The number of nitrogens with two attached hydrogens (primary N) is 1. The zero-order valence-electron chi connectivity index (χ0n) is 12.5. The molecule has 0 radical (unpaired) electrons. The van der Waals surface area contributed by atoms with Crippen LogP contribution in [0.25, 0.3) is 0 Å². The molecule has 0 amide bonds. The quantitative estimate of drug-likeness (QED) is 0.841. The van der Waals surface area contributed by atoms with Crippen LogP contribution in [0.1, 0.15) is 30.4 Å². The highest BCUT2D eigenvalue weighted by molar-refractivity contribution is 7.89. The van der Waals surface area contributed by atoms with Crippen molar-refractivity contribution in [2.24, 2.45) is 23.7 Å². The first-order chi connectivity index (χ1) is 9.90. The van der Waals surface area contributed by atoms with Gasteiger partial charge >= 0.3 is 0 Å². The molecule has 4 atom stereocenters. The highest BCUT2D eigenvalue weighted by atomic mass is 32.2. The summed E-state index contributed by atoms with van der Waals surface area (Å²) < 4.78 is 28.5. The highest BCUT2D eigenvalue weighted by Crippen LogP contribution is 2.65. The zero-order valence-corrected chi connectivity index (χ0v) is 13.3. The molecule has 5 heteroatoms. The molecule has 0 aliphatic heterocycles. The summed E-state index contributed by atoms with van der Waals surface area (Å²) in [5.74, 6) is 2.68. The fourth-order valence-corrected chi connectivity index (χ4v) is 6.62. The third-order valence-corrected chi connectivity index (χ3v) is 7.57. The molecular formula is C16H22N2O2S. The second-order valence-electron chi connectivity index (χ2n) is 7.08. The normalized spacial score (nSPS) is 36.8. The number of nitrogens with one attached hydrogen (secondary N) is 1. The van der Waals surface area contributed by atoms with E-state index >= 15 is 0 Å². The van der Waals surface area contributed by atoms with Crippen LogP contribution in [0, 0.1) is 37.5 Å². The van der Waals surface area contributed by atoms with Gasteiger partial charge in [-0.05, 0) is 67.9 Å². The van der Waals surface area contributed by atoms with Crippen molar-refractivity contribution in [3.63, 3.8) is 0 Å². The Morgan fingerprint density at radius 3 is 2.29 bits per heavy atom. The molecule has 3 saturated carbocycles. The van der Waals surface area contributed by atoms with Gasteiger partial charge in [-0.15, -0.1) is 0 Å². The molecular weight excluding hydrogens is 284 g/mol. The van der Waals surface area contributed by atoms with Gasteiger partial charge < -0.3 is 5.73 Å². The van der Waals surface area contributed by atoms with Crippen molar-refractivity contribution in [3.05, 3.63) is 23.3 Å². The number of aryl methyl sites for hydroxylation is 2. The standard InChI is InChI=1S/C16H22N2O2S/c1-8-3-4-9(2)16(14(8)17)21(19,20)18-15-12-10-5-6-11(7-10)13(12)15/h3-4,10-13,15,18H,5-7,17H2,1-2H3. The Morgan fingerprint density at radius 1 is 1.10 bits per heavy atom. The smallest absolute Gasteiger partial charge is 0.243 e. The number of fused-ring (bicyclic) bond motifs is 5. The molecule has 0 saturated heterocycles. The van der Waals surface area contributed by atoms with E-state index in [0.29, 0.717) is 17.5 Å². The summed E-state index contributed by atoms with van der Waals surface area (Å²) in [6, 6.07) is 3.86. The summed E-state index contributed by atoms with van der Waals surface area (Å²) in [7, 11) is -3.52. The number of hydrogen-bond acceptors (Lipinski definition) is 3. The van der Waals surface area contributed by atoms with Gasteiger partial charge in [0.05, 0.1) is 5.69 Å². The van der Waals surface area contributed by atoms with Crippen LogP contribution in [0.4, 0.5) is 5.69 Å². The third kappa shape index (κ3) is 1.87. The van der Waals surface area contributed by atoms with Gasteiger partial charge in [0.2, 0.25) is 10.0 Å². The molecule has 4 unspecified atom stereocenters. The van der Waals surface area contributed by atoms with Gasteiger partial charge in [-0.3, -0.25) is 0 Å². The van der Waals surface area contributed by atoms with E-state index in [-0.39, 0.29) is 10.9 Å². The van der Waals surface area contributed by atoms with Crippen LogP contribution >= 0.6 is 0 Å². The molecule has 1 aromatic carbocycles. The summed E-state index contributed by atoms with van der Waals surface area (Å²) in [6.45, 7) is 3.65. The average Bonchev–Trinajstić information content (AvgIpc) is 2.83. The number of hydrogen-bond donors (Lipinski definition) is 2. The SMILES string of the molecule is Cc1ccc(C)c(S(=O)(=O)NC2C3C4CCC(C4)C23)c1N. The molecule has 0 heterocycles. The fraction of sp³-hybridized carbons (Fsp3) is 0.625. The second kappa shape index (κ2) is 4.23. The third-order valence-electron chi connectivity index (χ3n) is 5.91. The molecule has 21 heavy (non-hydrogen) atoms. The van der Waals surface area contributed by atoms with Crippen LogP contribution in [-0.4, -0.2) is 14.5 Å². The summed E-state index contributed by atoms with van der Waals surface area (Å²) in [6.07, 6.45) is 3.89. The van der Waals surface area contributed by atoms with Gasteiger partial charge in [-0.1, -0.05) is 12.1 Å². The van der Waals surface area contributed by atoms with Gasteiger partial charge in [0.25, 0.3) is 0 Å². The van der Waals surface area contributed by atoms with Gasteiger partial charge in [-0.25, -0.2) is 13.1 Å². The Kier molecular flexibility index (Phi) is 2.74. The molecule has 1 aromatic rings. The van der Waals surface area contributed by atoms with E-state index in [1.54, 1.807) is 0 Å². The van der Waals surface area contributed by atoms with Crippen LogP contribution < -0.4 is 10.5 Å². The van der Waals surface area contributed by atoms with Crippen molar-refractivity contribution in [3.8, 4) is 0 Å². The van der Waals surface area contributed by atoms with Crippen molar-refractivity contribution in [2.75, 3.05) is 5.73 Å². The van der Waals surface area contributed by atoms with E-state index < -0.39 is 10.0 Å². The maximum absolute atomic E-state index is 12.8. The largest absolute Gasteiger partial charge is 0.397 e. The lowest BCUT2D eigenvalue weighted by molar-refractivity contribution is 0.456. The Bertz CT molecular complexity index is 697. The Hall–Kier alpha value is -1.07. The molecule has 0 aromatic heterocycles. The molecule has 0 spiro atoms. The number of nitrogen functional groups attached to an aromatic ring is 1. The van der Waals surface area contributed by atoms with Crippen LogP contribution in [0.5, 0.6) is 0 Å². The molecule has 3 aliphatic rings. The van der Waals surface area contributed by atoms with Crippen molar-refractivity contribution in [1.82, 2.24) is 4.72 Å². The lowest BCUT2D eigenvalue weighted by Gasteiger charge is -2.15. The summed E-state index contributed by atoms with van der Waals surface area (Å²) in [4.78, 5) is 0.278. The number of sulfonamides is 1. The minimum atomic E-state index is -3.52. The van der Waals surface area contributed by atoms with Crippen LogP contribution in [0.2, 0.25) is 0 Å². The predicted molar refractivity (Wildman–Crippen MR) is 82.2 cm³/mol. The Balaban J connectivity index is 1.63. The van der Waals surface area contributed by atoms with Crippen molar-refractivity contribution < 1.29 is 8.42 Å². The monoisotopic (exact) mass is 306 g/mol. The maximum Gasteiger partial charge on any atom is 0.243 e. The molecule has 4 nitrogen and oxygen atoms in total. The minimum absolute atomic E-state index is 0.153. The van der Waals surface area contributed by atoms with Gasteiger partial charge in [-0.2, -0.15) is 0 Å². The summed E-state index contributed by atoms with van der Waals surface area (Å²) >= 11 is 0. The van der Waals surface area contributed by atoms with E-state index in [1.165, 1.54) is 19.3 Å². The van der Waals surface area contributed by atoms with E-state index in [2.05, 4.69) is 4.72 Å². The van der Waals surface area contributed by atoms with Crippen LogP contribution in [0.15, 0.2) is 17.0 Å². The molecule has 3 aliphatic carbocycles. The summed E-state index contributed by atoms with van der Waals surface area (Å²) in [5, 5.41) is 0. The van der Waals surface area contributed by atoms with E-state index in [4.69, 9.17) is 5.73 Å². The van der Waals surface area contributed by atoms with Crippen LogP contribution in [0.3, 0.4) is 0 Å². The molecule has 3 N–H and O–H groups in total. The lowest BCUT2D eigenvalue weighted by Crippen LogP contribution is -2.31. The Morgan fingerprint density at radius 2 is 1.67 bits per heavy atom. The van der Waals surface area contributed by atoms with Gasteiger partial charge in [0.1, 0.15) is 4.90 Å². The molecule has 3 fully saturated rings. The predicted octanol–water partition coefficient (Wildman–Crippen LogP) is 2.21. The van der Waals surface area contributed by atoms with Crippen LogP contribution in [-0.2, 0) is 10.0 Å². The number of benzene rings is 1. The summed E-state index contributed by atoms with van der Waals surface area (Å²) in [5.41, 5.74) is 7.95. The topological polar surface area (TPSA) is 72.2 Å².